The second-order valence-corrected chi connectivity index (χ2v) is 2.65. The highest BCUT2D eigenvalue weighted by atomic mass is 79.9. The first-order valence-electron chi connectivity index (χ1n) is 2.88. The predicted octanol–water partition coefficient (Wildman–Crippen LogP) is 1.72. The number of ether oxygens (including phenoxy) is 1. The number of hydrogen-bond donors (Lipinski definition) is 0. The molecule has 4 heteroatoms. The van der Waals surface area contributed by atoms with Crippen molar-refractivity contribution in [3.63, 3.8) is 0 Å². The largest absolute Gasteiger partial charge is 0.480 e. The van der Waals surface area contributed by atoms with Crippen LogP contribution in [0.2, 0.25) is 0 Å². The van der Waals surface area contributed by atoms with Crippen LogP contribution in [0.1, 0.15) is 5.69 Å². The zero-order valence-corrected chi connectivity index (χ0v) is 7.42. The third kappa shape index (κ3) is 1.69. The summed E-state index contributed by atoms with van der Waals surface area (Å²) in [5.41, 5.74) is 0.352. The minimum absolute atomic E-state index is 0.352. The minimum Gasteiger partial charge on any atom is -0.480 e. The molecule has 0 saturated heterocycles. The molecular weight excluding hydrogens is 208 g/mol. The first-order chi connectivity index (χ1) is 5.27. The van der Waals surface area contributed by atoms with Gasteiger partial charge >= 0.3 is 0 Å². The lowest BCUT2D eigenvalue weighted by atomic mass is 10.4. The second-order valence-electron chi connectivity index (χ2n) is 1.80. The quantitative estimate of drug-likeness (QED) is 0.713. The fourth-order valence-corrected chi connectivity index (χ4v) is 1.01. The monoisotopic (exact) mass is 212 g/mol. The maximum absolute atomic E-state index is 8.47. The molecule has 11 heavy (non-hydrogen) atoms. The number of rotatable bonds is 1. The van der Waals surface area contributed by atoms with Gasteiger partial charge in [0.25, 0.3) is 0 Å². The van der Waals surface area contributed by atoms with E-state index in [9.17, 15) is 0 Å². The van der Waals surface area contributed by atoms with Gasteiger partial charge in [-0.15, -0.1) is 0 Å². The summed E-state index contributed by atoms with van der Waals surface area (Å²) >= 11 is 3.22. The summed E-state index contributed by atoms with van der Waals surface area (Å²) in [7, 11) is 1.51. The van der Waals surface area contributed by atoms with Crippen molar-refractivity contribution in [2.24, 2.45) is 0 Å². The SMILES string of the molecule is COc1nc(C#N)ccc1Br. The zero-order chi connectivity index (χ0) is 8.27. The van der Waals surface area contributed by atoms with E-state index in [1.165, 1.54) is 7.11 Å². The molecule has 0 aliphatic rings. The van der Waals surface area contributed by atoms with Gasteiger partial charge in [0.2, 0.25) is 5.88 Å². The van der Waals surface area contributed by atoms with Gasteiger partial charge < -0.3 is 4.74 Å². The van der Waals surface area contributed by atoms with Gasteiger partial charge in [-0.05, 0) is 28.1 Å². The van der Waals surface area contributed by atoms with E-state index in [2.05, 4.69) is 20.9 Å². The summed E-state index contributed by atoms with van der Waals surface area (Å²) in [6, 6.07) is 5.26. The predicted molar refractivity (Wildman–Crippen MR) is 43.2 cm³/mol. The van der Waals surface area contributed by atoms with E-state index in [0.717, 1.165) is 4.47 Å². The molecule has 1 heterocycles. The Hall–Kier alpha value is -1.08. The molecule has 3 nitrogen and oxygen atoms in total. The molecule has 0 fully saturated rings. The molecule has 0 spiro atoms. The van der Waals surface area contributed by atoms with Gasteiger partial charge in [-0.2, -0.15) is 5.26 Å². The maximum atomic E-state index is 8.47. The Morgan fingerprint density at radius 3 is 2.91 bits per heavy atom. The number of hydrogen-bond acceptors (Lipinski definition) is 3. The number of halogens is 1. The summed E-state index contributed by atoms with van der Waals surface area (Å²) in [5, 5.41) is 8.47. The summed E-state index contributed by atoms with van der Waals surface area (Å²) < 4.78 is 5.63. The van der Waals surface area contributed by atoms with Gasteiger partial charge in [0.15, 0.2) is 0 Å². The van der Waals surface area contributed by atoms with Crippen LogP contribution in [-0.2, 0) is 0 Å². The molecular formula is C7H5BrN2O. The second kappa shape index (κ2) is 3.35. The molecule has 0 unspecified atom stereocenters. The van der Waals surface area contributed by atoms with E-state index in [1.807, 2.05) is 6.07 Å². The van der Waals surface area contributed by atoms with Crippen LogP contribution in [0.15, 0.2) is 16.6 Å². The van der Waals surface area contributed by atoms with Gasteiger partial charge in [-0.1, -0.05) is 0 Å². The third-order valence-corrected chi connectivity index (χ3v) is 1.73. The fourth-order valence-electron chi connectivity index (χ4n) is 0.629. The fraction of sp³-hybridized carbons (Fsp3) is 0.143. The Morgan fingerprint density at radius 2 is 2.36 bits per heavy atom. The lowest BCUT2D eigenvalue weighted by Gasteiger charge is -1.99. The smallest absolute Gasteiger partial charge is 0.228 e. The van der Waals surface area contributed by atoms with E-state index in [1.54, 1.807) is 12.1 Å². The average Bonchev–Trinajstić information content (AvgIpc) is 2.05. The first kappa shape index (κ1) is 8.02. The Morgan fingerprint density at radius 1 is 1.64 bits per heavy atom. The van der Waals surface area contributed by atoms with Gasteiger partial charge in [-0.25, -0.2) is 4.98 Å². The van der Waals surface area contributed by atoms with Gasteiger partial charge in [0, 0.05) is 0 Å². The first-order valence-corrected chi connectivity index (χ1v) is 3.68. The summed E-state index contributed by atoms with van der Waals surface area (Å²) in [6.07, 6.45) is 0. The van der Waals surface area contributed by atoms with Crippen molar-refractivity contribution in [3.8, 4) is 11.9 Å². The van der Waals surface area contributed by atoms with E-state index in [0.29, 0.717) is 11.6 Å². The third-order valence-electron chi connectivity index (χ3n) is 1.12. The molecule has 1 aromatic rings. The summed E-state index contributed by atoms with van der Waals surface area (Å²) in [5.74, 6) is 0.434. The van der Waals surface area contributed by atoms with E-state index in [-0.39, 0.29) is 0 Å². The number of methoxy groups -OCH3 is 1. The molecule has 0 saturated carbocycles. The Kier molecular flexibility index (Phi) is 2.44. The molecule has 0 radical (unpaired) electrons. The average molecular weight is 213 g/mol. The highest BCUT2D eigenvalue weighted by Gasteiger charge is 2.01. The van der Waals surface area contributed by atoms with E-state index >= 15 is 0 Å². The van der Waals surface area contributed by atoms with Crippen LogP contribution in [0.25, 0.3) is 0 Å². The van der Waals surface area contributed by atoms with Gasteiger partial charge in [0.05, 0.1) is 11.6 Å². The van der Waals surface area contributed by atoms with E-state index < -0.39 is 0 Å². The molecule has 1 rings (SSSR count). The van der Waals surface area contributed by atoms with Crippen molar-refractivity contribution in [1.29, 1.82) is 5.26 Å². The van der Waals surface area contributed by atoms with Gasteiger partial charge in [0.1, 0.15) is 11.8 Å². The zero-order valence-electron chi connectivity index (χ0n) is 5.84. The topological polar surface area (TPSA) is 45.9 Å². The Labute approximate surface area is 72.8 Å². The molecule has 0 bridgehead atoms. The van der Waals surface area contributed by atoms with Crippen molar-refractivity contribution in [3.05, 3.63) is 22.3 Å². The van der Waals surface area contributed by atoms with Crippen molar-refractivity contribution in [2.45, 2.75) is 0 Å². The van der Waals surface area contributed by atoms with Crippen molar-refractivity contribution >= 4 is 15.9 Å². The van der Waals surface area contributed by atoms with Crippen molar-refractivity contribution in [2.75, 3.05) is 7.11 Å². The summed E-state index contributed by atoms with van der Waals surface area (Å²) in [6.45, 7) is 0. The summed E-state index contributed by atoms with van der Waals surface area (Å²) in [4.78, 5) is 3.88. The van der Waals surface area contributed by atoms with Crippen LogP contribution in [0, 0.1) is 11.3 Å². The van der Waals surface area contributed by atoms with Crippen molar-refractivity contribution < 1.29 is 4.74 Å². The minimum atomic E-state index is 0.352. The van der Waals surface area contributed by atoms with Crippen LogP contribution in [0.3, 0.4) is 0 Å². The van der Waals surface area contributed by atoms with Crippen molar-refractivity contribution in [1.82, 2.24) is 4.98 Å². The standard InChI is InChI=1S/C7H5BrN2O/c1-11-7-6(8)3-2-5(4-9)10-7/h2-3H,1H3. The van der Waals surface area contributed by atoms with Crippen LogP contribution < -0.4 is 4.74 Å². The normalized spacial score (nSPS) is 8.82. The number of aromatic nitrogens is 1. The van der Waals surface area contributed by atoms with Crippen LogP contribution >= 0.6 is 15.9 Å². The molecule has 0 aliphatic carbocycles. The Balaban J connectivity index is 3.15. The van der Waals surface area contributed by atoms with E-state index in [4.69, 9.17) is 10.00 Å². The van der Waals surface area contributed by atoms with Gasteiger partial charge in [-0.3, -0.25) is 0 Å². The lowest BCUT2D eigenvalue weighted by Crippen LogP contribution is -1.90. The molecule has 0 aromatic carbocycles. The highest BCUT2D eigenvalue weighted by Crippen LogP contribution is 2.21. The molecule has 0 N–H and O–H groups in total. The Bertz CT molecular complexity index is 306. The highest BCUT2D eigenvalue weighted by molar-refractivity contribution is 9.10. The number of pyridine rings is 1. The molecule has 0 amide bonds. The lowest BCUT2D eigenvalue weighted by molar-refractivity contribution is 0.394. The number of nitrogens with zero attached hydrogens (tertiary/aromatic N) is 2. The molecule has 1 aromatic heterocycles. The molecule has 0 atom stereocenters. The maximum Gasteiger partial charge on any atom is 0.228 e. The molecule has 56 valence electrons. The van der Waals surface area contributed by atoms with Crippen LogP contribution in [-0.4, -0.2) is 12.1 Å². The van der Waals surface area contributed by atoms with Crippen LogP contribution in [0.4, 0.5) is 0 Å². The van der Waals surface area contributed by atoms with Crippen LogP contribution in [0.5, 0.6) is 5.88 Å². The molecule has 0 aliphatic heterocycles. The number of nitriles is 1.